The Morgan fingerprint density at radius 3 is 1.91 bits per heavy atom. The Bertz CT molecular complexity index is 1110. The normalized spacial score (nSPS) is 18.6. The quantitative estimate of drug-likeness (QED) is 0.647. The number of piperazine rings is 2. The first-order chi connectivity index (χ1) is 15.7. The number of ether oxygens (including phenoxy) is 1. The van der Waals surface area contributed by atoms with Crippen molar-refractivity contribution >= 4 is 21.7 Å². The second-order valence-electron chi connectivity index (χ2n) is 8.83. The lowest BCUT2D eigenvalue weighted by molar-refractivity contribution is 0.312. The summed E-state index contributed by atoms with van der Waals surface area (Å²) in [5.41, 5.74) is 1.59. The number of benzene rings is 1. The minimum absolute atomic E-state index is 0.351. The second kappa shape index (κ2) is 9.44. The zero-order valence-corrected chi connectivity index (χ0v) is 21.0. The van der Waals surface area contributed by atoms with Crippen LogP contribution in [0.5, 0.6) is 5.75 Å². The molecule has 0 saturated carbocycles. The van der Waals surface area contributed by atoms with Gasteiger partial charge in [0.15, 0.2) is 0 Å². The van der Waals surface area contributed by atoms with E-state index in [9.17, 15) is 8.42 Å². The lowest BCUT2D eigenvalue weighted by atomic mass is 10.1. The Labute approximate surface area is 197 Å². The third-order valence-corrected chi connectivity index (χ3v) is 8.77. The molecule has 180 valence electrons. The summed E-state index contributed by atoms with van der Waals surface area (Å²) in [4.78, 5) is 16.4. The number of sulfonamides is 1. The average Bonchev–Trinajstić information content (AvgIpc) is 2.81. The van der Waals surface area contributed by atoms with Crippen molar-refractivity contribution < 1.29 is 13.2 Å². The van der Waals surface area contributed by atoms with E-state index in [1.807, 2.05) is 26.8 Å². The average molecular weight is 475 g/mol. The summed E-state index contributed by atoms with van der Waals surface area (Å²) in [5, 5.41) is 0. The number of anilines is 2. The number of rotatable bonds is 5. The number of hydrogen-bond donors (Lipinski definition) is 0. The van der Waals surface area contributed by atoms with Gasteiger partial charge in [-0.15, -0.1) is 0 Å². The van der Waals surface area contributed by atoms with E-state index in [0.29, 0.717) is 36.8 Å². The van der Waals surface area contributed by atoms with E-state index in [4.69, 9.17) is 4.74 Å². The molecule has 0 unspecified atom stereocenters. The van der Waals surface area contributed by atoms with Gasteiger partial charge in [0.25, 0.3) is 0 Å². The van der Waals surface area contributed by atoms with E-state index in [1.165, 1.54) is 0 Å². The van der Waals surface area contributed by atoms with Gasteiger partial charge >= 0.3 is 0 Å². The number of methoxy groups -OCH3 is 1. The van der Waals surface area contributed by atoms with Crippen LogP contribution in [0, 0.1) is 20.8 Å². The van der Waals surface area contributed by atoms with Crippen molar-refractivity contribution in [2.45, 2.75) is 25.7 Å². The highest BCUT2D eigenvalue weighted by atomic mass is 32.2. The first kappa shape index (κ1) is 23.7. The third kappa shape index (κ3) is 4.78. The van der Waals surface area contributed by atoms with Gasteiger partial charge in [-0.2, -0.15) is 4.31 Å². The molecule has 2 fully saturated rings. The minimum Gasteiger partial charge on any atom is -0.496 e. The number of aromatic nitrogens is 2. The maximum atomic E-state index is 13.4. The van der Waals surface area contributed by atoms with Crippen molar-refractivity contribution in [3.63, 3.8) is 0 Å². The van der Waals surface area contributed by atoms with E-state index >= 15 is 0 Å². The van der Waals surface area contributed by atoms with Crippen molar-refractivity contribution in [3.05, 3.63) is 35.2 Å². The summed E-state index contributed by atoms with van der Waals surface area (Å²) >= 11 is 0. The van der Waals surface area contributed by atoms with E-state index in [0.717, 1.165) is 54.8 Å². The van der Waals surface area contributed by atoms with E-state index < -0.39 is 10.0 Å². The monoisotopic (exact) mass is 474 g/mol. The fraction of sp³-hybridized carbons (Fsp3) is 0.565. The molecular weight excluding hydrogens is 440 g/mol. The van der Waals surface area contributed by atoms with E-state index in [-0.39, 0.29) is 0 Å². The van der Waals surface area contributed by atoms with Crippen LogP contribution < -0.4 is 14.5 Å². The molecular formula is C23H34N6O3S. The number of likely N-dealkylation sites (N-methyl/N-ethyl adjacent to an activating group) is 1. The van der Waals surface area contributed by atoms with Crippen molar-refractivity contribution in [1.29, 1.82) is 0 Å². The standard InChI is InChI=1S/C23H34N6O3S/c1-17-18(2)21(7-6-20(17)32-5)33(30,31)29-14-12-28(13-15-29)23-16-22(24-19(3)25-23)27-10-8-26(4)9-11-27/h6-7,16H,8-15H2,1-5H3. The molecule has 2 aliphatic rings. The maximum Gasteiger partial charge on any atom is 0.243 e. The van der Waals surface area contributed by atoms with Crippen LogP contribution >= 0.6 is 0 Å². The highest BCUT2D eigenvalue weighted by Crippen LogP contribution is 2.30. The Morgan fingerprint density at radius 2 is 1.36 bits per heavy atom. The van der Waals surface area contributed by atoms with Crippen molar-refractivity contribution in [2.75, 3.05) is 76.3 Å². The molecule has 2 aromatic rings. The molecule has 0 aliphatic carbocycles. The fourth-order valence-corrected chi connectivity index (χ4v) is 6.17. The highest BCUT2D eigenvalue weighted by molar-refractivity contribution is 7.89. The van der Waals surface area contributed by atoms with Crippen LogP contribution in [-0.4, -0.2) is 94.1 Å². The second-order valence-corrected chi connectivity index (χ2v) is 10.7. The molecule has 0 atom stereocenters. The van der Waals surface area contributed by atoms with Crippen LogP contribution in [0.2, 0.25) is 0 Å². The van der Waals surface area contributed by atoms with Crippen molar-refractivity contribution in [1.82, 2.24) is 19.2 Å². The Morgan fingerprint density at radius 1 is 0.818 bits per heavy atom. The van der Waals surface area contributed by atoms with Gasteiger partial charge in [0.05, 0.1) is 12.0 Å². The van der Waals surface area contributed by atoms with Gasteiger partial charge in [-0.1, -0.05) is 0 Å². The lowest BCUT2D eigenvalue weighted by Crippen LogP contribution is -2.49. The van der Waals surface area contributed by atoms with Gasteiger partial charge in [-0.05, 0) is 51.1 Å². The summed E-state index contributed by atoms with van der Waals surface area (Å²) in [6.07, 6.45) is 0. The molecule has 0 bridgehead atoms. The summed E-state index contributed by atoms with van der Waals surface area (Å²) < 4.78 is 33.7. The Balaban J connectivity index is 1.48. The van der Waals surface area contributed by atoms with Crippen LogP contribution in [0.3, 0.4) is 0 Å². The number of aryl methyl sites for hydroxylation is 1. The summed E-state index contributed by atoms with van der Waals surface area (Å²) in [7, 11) is 0.153. The smallest absolute Gasteiger partial charge is 0.243 e. The number of nitrogens with zero attached hydrogens (tertiary/aromatic N) is 6. The maximum absolute atomic E-state index is 13.4. The molecule has 2 aliphatic heterocycles. The summed E-state index contributed by atoms with van der Waals surface area (Å²) in [6, 6.07) is 5.42. The molecule has 33 heavy (non-hydrogen) atoms. The first-order valence-electron chi connectivity index (χ1n) is 11.4. The third-order valence-electron chi connectivity index (χ3n) is 6.73. The molecule has 9 nitrogen and oxygen atoms in total. The zero-order valence-electron chi connectivity index (χ0n) is 20.2. The molecule has 10 heteroatoms. The Kier molecular flexibility index (Phi) is 6.78. The molecule has 0 radical (unpaired) electrons. The van der Waals surface area contributed by atoms with Gasteiger partial charge < -0.3 is 19.4 Å². The molecule has 0 amide bonds. The molecule has 1 aromatic heterocycles. The molecule has 1 aromatic carbocycles. The Hall–Kier alpha value is -2.43. The summed E-state index contributed by atoms with van der Waals surface area (Å²) in [5.74, 6) is 3.25. The summed E-state index contributed by atoms with van der Waals surface area (Å²) in [6.45, 7) is 11.6. The van der Waals surface area contributed by atoms with Gasteiger partial charge in [0, 0.05) is 58.4 Å². The van der Waals surface area contributed by atoms with Crippen LogP contribution in [0.25, 0.3) is 0 Å². The predicted octanol–water partition coefficient (Wildman–Crippen LogP) is 1.67. The highest BCUT2D eigenvalue weighted by Gasteiger charge is 2.31. The lowest BCUT2D eigenvalue weighted by Gasteiger charge is -2.36. The topological polar surface area (TPSA) is 82.1 Å². The molecule has 2 saturated heterocycles. The predicted molar refractivity (Wildman–Crippen MR) is 130 cm³/mol. The number of hydrogen-bond acceptors (Lipinski definition) is 8. The van der Waals surface area contributed by atoms with Gasteiger partial charge in [-0.25, -0.2) is 18.4 Å². The molecule has 0 spiro atoms. The van der Waals surface area contributed by atoms with Gasteiger partial charge in [-0.3, -0.25) is 0 Å². The van der Waals surface area contributed by atoms with Crippen molar-refractivity contribution in [2.24, 2.45) is 0 Å². The van der Waals surface area contributed by atoms with Crippen LogP contribution in [-0.2, 0) is 10.0 Å². The SMILES string of the molecule is COc1ccc(S(=O)(=O)N2CCN(c3cc(N4CCN(C)CC4)nc(C)n3)CC2)c(C)c1C. The molecule has 4 rings (SSSR count). The van der Waals surface area contributed by atoms with Gasteiger partial charge in [0.1, 0.15) is 23.2 Å². The van der Waals surface area contributed by atoms with Crippen LogP contribution in [0.4, 0.5) is 11.6 Å². The zero-order chi connectivity index (χ0) is 23.8. The molecule has 0 N–H and O–H groups in total. The fourth-order valence-electron chi connectivity index (χ4n) is 4.46. The van der Waals surface area contributed by atoms with Crippen molar-refractivity contribution in [3.8, 4) is 5.75 Å². The minimum atomic E-state index is -3.58. The first-order valence-corrected chi connectivity index (χ1v) is 12.8. The van der Waals surface area contributed by atoms with E-state index in [1.54, 1.807) is 23.5 Å². The van der Waals surface area contributed by atoms with E-state index in [2.05, 4.69) is 31.7 Å². The van der Waals surface area contributed by atoms with Gasteiger partial charge in [0.2, 0.25) is 10.0 Å². The van der Waals surface area contributed by atoms with Crippen LogP contribution in [0.1, 0.15) is 17.0 Å². The van der Waals surface area contributed by atoms with Crippen LogP contribution in [0.15, 0.2) is 23.1 Å². The largest absolute Gasteiger partial charge is 0.496 e. The molecule has 3 heterocycles.